The number of carboxylic acid groups (broad SMARTS) is 1. The van der Waals surface area contributed by atoms with Crippen molar-refractivity contribution in [3.63, 3.8) is 0 Å². The van der Waals surface area contributed by atoms with Crippen molar-refractivity contribution in [1.29, 1.82) is 0 Å². The third-order valence-electron chi connectivity index (χ3n) is 3.82. The molecule has 2 rings (SSSR count). The average Bonchev–Trinajstić information content (AvgIpc) is 2.86. The third kappa shape index (κ3) is 3.84. The Bertz CT molecular complexity index is 559. The van der Waals surface area contributed by atoms with E-state index in [9.17, 15) is 14.4 Å². The number of hydrogen-bond acceptors (Lipinski definition) is 3. The molecule has 2 atom stereocenters. The van der Waals surface area contributed by atoms with Gasteiger partial charge in [0.2, 0.25) is 11.8 Å². The van der Waals surface area contributed by atoms with Gasteiger partial charge in [0, 0.05) is 19.5 Å². The highest BCUT2D eigenvalue weighted by molar-refractivity contribution is 5.91. The summed E-state index contributed by atoms with van der Waals surface area (Å²) in [5.41, 5.74) is 1.01. The van der Waals surface area contributed by atoms with Gasteiger partial charge in [-0.3, -0.25) is 9.59 Å². The van der Waals surface area contributed by atoms with Crippen LogP contribution in [0.5, 0.6) is 0 Å². The van der Waals surface area contributed by atoms with E-state index in [1.54, 1.807) is 11.8 Å². The lowest BCUT2D eigenvalue weighted by Gasteiger charge is -2.18. The van der Waals surface area contributed by atoms with E-state index in [1.807, 2.05) is 30.3 Å². The number of nitrogens with zero attached hydrogens (tertiary/aromatic N) is 1. The highest BCUT2D eigenvalue weighted by atomic mass is 16.4. The molecule has 1 aromatic rings. The predicted molar refractivity (Wildman–Crippen MR) is 79.8 cm³/mol. The van der Waals surface area contributed by atoms with E-state index in [4.69, 9.17) is 5.11 Å². The van der Waals surface area contributed by atoms with Crippen LogP contribution in [0, 0.1) is 5.92 Å². The summed E-state index contributed by atoms with van der Waals surface area (Å²) in [6.45, 7) is 2.50. The lowest BCUT2D eigenvalue weighted by atomic mass is 10.1. The number of aliphatic carboxylic acids is 1. The van der Waals surface area contributed by atoms with E-state index < -0.39 is 17.9 Å². The Labute approximate surface area is 129 Å². The van der Waals surface area contributed by atoms with E-state index in [2.05, 4.69) is 5.32 Å². The summed E-state index contributed by atoms with van der Waals surface area (Å²) in [7, 11) is 0. The molecule has 1 saturated heterocycles. The number of nitrogens with one attached hydrogen (secondary N) is 1. The number of likely N-dealkylation sites (tertiary alicyclic amines) is 1. The van der Waals surface area contributed by atoms with Crippen molar-refractivity contribution < 1.29 is 19.5 Å². The Hall–Kier alpha value is -2.37. The Kier molecular flexibility index (Phi) is 5.14. The van der Waals surface area contributed by atoms with Gasteiger partial charge < -0.3 is 15.3 Å². The minimum absolute atomic E-state index is 0.0765. The highest BCUT2D eigenvalue weighted by Crippen LogP contribution is 2.20. The highest BCUT2D eigenvalue weighted by Gasteiger charge is 2.35. The van der Waals surface area contributed by atoms with Crippen LogP contribution in [-0.4, -0.2) is 40.4 Å². The van der Waals surface area contributed by atoms with Gasteiger partial charge in [-0.15, -0.1) is 0 Å². The van der Waals surface area contributed by atoms with Crippen LogP contribution in [0.2, 0.25) is 0 Å². The van der Waals surface area contributed by atoms with E-state index in [0.29, 0.717) is 19.5 Å². The molecule has 22 heavy (non-hydrogen) atoms. The van der Waals surface area contributed by atoms with Gasteiger partial charge in [0.25, 0.3) is 0 Å². The van der Waals surface area contributed by atoms with E-state index >= 15 is 0 Å². The van der Waals surface area contributed by atoms with E-state index in [0.717, 1.165) is 5.56 Å². The molecule has 1 heterocycles. The number of carboxylic acids is 1. The van der Waals surface area contributed by atoms with E-state index in [-0.39, 0.29) is 18.2 Å². The van der Waals surface area contributed by atoms with Crippen LogP contribution >= 0.6 is 0 Å². The zero-order valence-electron chi connectivity index (χ0n) is 12.5. The molecule has 0 spiro atoms. The third-order valence-corrected chi connectivity index (χ3v) is 3.82. The summed E-state index contributed by atoms with van der Waals surface area (Å²) in [5, 5.41) is 11.5. The standard InChI is InChI=1S/C16H20N2O4/c1-2-13(16(21)22)17-15(20)12-8-14(19)18(10-12)9-11-6-4-3-5-7-11/h3-7,12-13H,2,8-10H2,1H3,(H,17,20)(H,21,22). The van der Waals surface area contributed by atoms with Gasteiger partial charge in [-0.05, 0) is 12.0 Å². The van der Waals surface area contributed by atoms with Crippen LogP contribution in [0.3, 0.4) is 0 Å². The molecule has 1 aromatic carbocycles. The number of benzene rings is 1. The van der Waals surface area contributed by atoms with Crippen molar-refractivity contribution >= 4 is 17.8 Å². The predicted octanol–water partition coefficient (Wildman–Crippen LogP) is 1.01. The fourth-order valence-corrected chi connectivity index (χ4v) is 2.53. The van der Waals surface area contributed by atoms with Crippen LogP contribution in [0.4, 0.5) is 0 Å². The summed E-state index contributed by atoms with van der Waals surface area (Å²) in [4.78, 5) is 36.7. The monoisotopic (exact) mass is 304 g/mol. The Morgan fingerprint density at radius 2 is 2.05 bits per heavy atom. The summed E-state index contributed by atoms with van der Waals surface area (Å²) < 4.78 is 0. The van der Waals surface area contributed by atoms with Gasteiger partial charge in [-0.25, -0.2) is 4.79 Å². The van der Waals surface area contributed by atoms with Crippen molar-refractivity contribution in [3.8, 4) is 0 Å². The van der Waals surface area contributed by atoms with Crippen LogP contribution in [0.1, 0.15) is 25.3 Å². The first kappa shape index (κ1) is 16.0. The molecule has 2 amide bonds. The fraction of sp³-hybridized carbons (Fsp3) is 0.438. The average molecular weight is 304 g/mol. The first-order valence-corrected chi connectivity index (χ1v) is 7.36. The Morgan fingerprint density at radius 1 is 1.36 bits per heavy atom. The number of hydrogen-bond donors (Lipinski definition) is 2. The summed E-state index contributed by atoms with van der Waals surface area (Å²) in [5.74, 6) is -1.98. The Balaban J connectivity index is 1.94. The summed E-state index contributed by atoms with van der Waals surface area (Å²) in [6, 6.07) is 8.67. The molecule has 1 fully saturated rings. The number of amides is 2. The van der Waals surface area contributed by atoms with Gasteiger partial charge in [-0.2, -0.15) is 0 Å². The molecule has 0 bridgehead atoms. The van der Waals surface area contributed by atoms with Crippen molar-refractivity contribution in [2.24, 2.45) is 5.92 Å². The molecule has 118 valence electrons. The van der Waals surface area contributed by atoms with Gasteiger partial charge in [-0.1, -0.05) is 37.3 Å². The molecule has 2 unspecified atom stereocenters. The molecule has 0 aliphatic carbocycles. The lowest BCUT2D eigenvalue weighted by molar-refractivity contribution is -0.142. The largest absolute Gasteiger partial charge is 0.480 e. The maximum absolute atomic E-state index is 12.1. The van der Waals surface area contributed by atoms with Gasteiger partial charge >= 0.3 is 5.97 Å². The van der Waals surface area contributed by atoms with Crippen molar-refractivity contribution in [2.45, 2.75) is 32.4 Å². The molecule has 0 saturated carbocycles. The maximum Gasteiger partial charge on any atom is 0.326 e. The van der Waals surface area contributed by atoms with Crippen molar-refractivity contribution in [1.82, 2.24) is 10.2 Å². The zero-order valence-corrected chi connectivity index (χ0v) is 12.5. The lowest BCUT2D eigenvalue weighted by Crippen LogP contribution is -2.43. The van der Waals surface area contributed by atoms with Crippen LogP contribution < -0.4 is 5.32 Å². The van der Waals surface area contributed by atoms with Gasteiger partial charge in [0.15, 0.2) is 0 Å². The van der Waals surface area contributed by atoms with Gasteiger partial charge in [0.1, 0.15) is 6.04 Å². The molecule has 2 N–H and O–H groups in total. The molecule has 0 radical (unpaired) electrons. The Morgan fingerprint density at radius 3 is 2.64 bits per heavy atom. The fourth-order valence-electron chi connectivity index (χ4n) is 2.53. The second-order valence-electron chi connectivity index (χ2n) is 5.47. The smallest absolute Gasteiger partial charge is 0.326 e. The number of carbonyl (C=O) groups excluding carboxylic acids is 2. The quantitative estimate of drug-likeness (QED) is 0.821. The summed E-state index contributed by atoms with van der Waals surface area (Å²) in [6.07, 6.45) is 0.449. The molecule has 1 aliphatic rings. The van der Waals surface area contributed by atoms with Crippen LogP contribution in [0.15, 0.2) is 30.3 Å². The van der Waals surface area contributed by atoms with Crippen molar-refractivity contribution in [2.75, 3.05) is 6.54 Å². The topological polar surface area (TPSA) is 86.7 Å². The van der Waals surface area contributed by atoms with Gasteiger partial charge in [0.05, 0.1) is 5.92 Å². The first-order valence-electron chi connectivity index (χ1n) is 7.36. The van der Waals surface area contributed by atoms with E-state index in [1.165, 1.54) is 0 Å². The second-order valence-corrected chi connectivity index (χ2v) is 5.47. The maximum atomic E-state index is 12.1. The zero-order chi connectivity index (χ0) is 16.1. The molecular formula is C16H20N2O4. The second kappa shape index (κ2) is 7.06. The summed E-state index contributed by atoms with van der Waals surface area (Å²) >= 11 is 0. The van der Waals surface area contributed by atoms with Crippen LogP contribution in [-0.2, 0) is 20.9 Å². The number of rotatable bonds is 6. The molecule has 1 aliphatic heterocycles. The van der Waals surface area contributed by atoms with Crippen molar-refractivity contribution in [3.05, 3.63) is 35.9 Å². The molecule has 6 heteroatoms. The minimum atomic E-state index is -1.05. The molecular weight excluding hydrogens is 284 g/mol. The first-order chi connectivity index (χ1) is 10.5. The molecule has 0 aromatic heterocycles. The normalized spacial score (nSPS) is 19.0. The number of carbonyl (C=O) groups is 3. The van der Waals surface area contributed by atoms with Crippen LogP contribution in [0.25, 0.3) is 0 Å². The SMILES string of the molecule is CCC(NC(=O)C1CC(=O)N(Cc2ccccc2)C1)C(=O)O. The molecule has 6 nitrogen and oxygen atoms in total. The minimum Gasteiger partial charge on any atom is -0.480 e.